The molecule has 20 heavy (non-hydrogen) atoms. The molecule has 110 valence electrons. The number of likely N-dealkylation sites (tertiary alicyclic amines) is 1. The Morgan fingerprint density at radius 3 is 3.05 bits per heavy atom. The van der Waals surface area contributed by atoms with Crippen molar-refractivity contribution in [2.45, 2.75) is 25.4 Å². The number of methoxy groups -OCH3 is 1. The first kappa shape index (κ1) is 14.8. The smallest absolute Gasteiger partial charge is 0.407 e. The minimum Gasteiger partial charge on any atom is -0.453 e. The van der Waals surface area contributed by atoms with E-state index in [4.69, 9.17) is 5.73 Å². The Kier molecular flexibility index (Phi) is 4.98. The Balaban J connectivity index is 2.01. The monoisotopic (exact) mass is 277 g/mol. The number of nitrogens with zero attached hydrogens (tertiary/aromatic N) is 1. The van der Waals surface area contributed by atoms with Crippen LogP contribution in [0.5, 0.6) is 0 Å². The third-order valence-corrected chi connectivity index (χ3v) is 3.82. The summed E-state index contributed by atoms with van der Waals surface area (Å²) in [5.74, 6) is 0. The molecule has 2 atom stereocenters. The molecule has 1 aromatic rings. The van der Waals surface area contributed by atoms with Crippen LogP contribution >= 0.6 is 0 Å². The normalized spacial score (nSPS) is 20.6. The van der Waals surface area contributed by atoms with Crippen LogP contribution in [-0.2, 0) is 4.74 Å². The molecular weight excluding hydrogens is 254 g/mol. The second-order valence-corrected chi connectivity index (χ2v) is 5.28. The first-order valence-electron chi connectivity index (χ1n) is 6.99. The van der Waals surface area contributed by atoms with E-state index in [0.717, 1.165) is 19.5 Å². The number of hydrogen-bond acceptors (Lipinski definition) is 4. The number of nitrogens with one attached hydrogen (secondary N) is 1. The first-order chi connectivity index (χ1) is 9.63. The maximum atomic E-state index is 11.3. The number of rotatable bonds is 4. The van der Waals surface area contributed by atoms with Gasteiger partial charge in [-0.05, 0) is 18.9 Å². The topological polar surface area (TPSA) is 67.6 Å². The Hall–Kier alpha value is -1.59. The number of amides is 1. The molecule has 1 aliphatic rings. The highest BCUT2D eigenvalue weighted by atomic mass is 16.5. The van der Waals surface area contributed by atoms with E-state index in [9.17, 15) is 4.79 Å². The third-order valence-electron chi connectivity index (χ3n) is 3.82. The highest BCUT2D eigenvalue weighted by molar-refractivity contribution is 5.67. The minimum absolute atomic E-state index is 0.140. The number of alkyl carbamates (subject to hydrolysis) is 1. The van der Waals surface area contributed by atoms with Gasteiger partial charge in [-0.1, -0.05) is 29.8 Å². The SMILES string of the molecule is COC(=O)NC1CCN(C(CN)c2cccc(C)c2)C1. The van der Waals surface area contributed by atoms with Gasteiger partial charge < -0.3 is 15.8 Å². The van der Waals surface area contributed by atoms with Crippen molar-refractivity contribution >= 4 is 6.09 Å². The molecule has 0 saturated carbocycles. The quantitative estimate of drug-likeness (QED) is 0.873. The summed E-state index contributed by atoms with van der Waals surface area (Å²) in [5.41, 5.74) is 8.44. The van der Waals surface area contributed by atoms with Gasteiger partial charge in [-0.25, -0.2) is 4.79 Å². The van der Waals surface area contributed by atoms with Crippen LogP contribution in [0.2, 0.25) is 0 Å². The molecule has 5 nitrogen and oxygen atoms in total. The number of benzene rings is 1. The predicted octanol–water partition coefficient (Wildman–Crippen LogP) is 1.43. The van der Waals surface area contributed by atoms with Crippen molar-refractivity contribution in [1.29, 1.82) is 0 Å². The number of carbonyl (C=O) groups is 1. The zero-order chi connectivity index (χ0) is 14.5. The molecule has 0 radical (unpaired) electrons. The lowest BCUT2D eigenvalue weighted by Crippen LogP contribution is -2.39. The fourth-order valence-electron chi connectivity index (χ4n) is 2.79. The molecule has 0 bridgehead atoms. The lowest BCUT2D eigenvalue weighted by molar-refractivity contribution is 0.165. The standard InChI is InChI=1S/C15H23N3O2/c1-11-4-3-5-12(8-11)14(9-16)18-7-6-13(10-18)17-15(19)20-2/h3-5,8,13-14H,6-7,9-10,16H2,1-2H3,(H,17,19). The molecule has 3 N–H and O–H groups in total. The molecule has 1 amide bonds. The van der Waals surface area contributed by atoms with Gasteiger partial charge in [-0.3, -0.25) is 4.90 Å². The summed E-state index contributed by atoms with van der Waals surface area (Å²) >= 11 is 0. The highest BCUT2D eigenvalue weighted by Gasteiger charge is 2.29. The molecule has 1 aromatic carbocycles. The Morgan fingerprint density at radius 1 is 1.60 bits per heavy atom. The van der Waals surface area contributed by atoms with Crippen LogP contribution in [0.4, 0.5) is 4.79 Å². The van der Waals surface area contributed by atoms with Crippen LogP contribution in [0, 0.1) is 6.92 Å². The van der Waals surface area contributed by atoms with Gasteiger partial charge in [-0.2, -0.15) is 0 Å². The second kappa shape index (κ2) is 6.72. The summed E-state index contributed by atoms with van der Waals surface area (Å²) in [6.07, 6.45) is 0.564. The average molecular weight is 277 g/mol. The molecule has 0 spiro atoms. The Morgan fingerprint density at radius 2 is 2.40 bits per heavy atom. The molecular formula is C15H23N3O2. The number of carbonyl (C=O) groups excluding carboxylic acids is 1. The minimum atomic E-state index is -0.364. The van der Waals surface area contributed by atoms with Crippen molar-refractivity contribution in [2.24, 2.45) is 5.73 Å². The van der Waals surface area contributed by atoms with Crippen molar-refractivity contribution in [2.75, 3.05) is 26.7 Å². The van der Waals surface area contributed by atoms with Crippen molar-refractivity contribution < 1.29 is 9.53 Å². The van der Waals surface area contributed by atoms with Gasteiger partial charge in [-0.15, -0.1) is 0 Å². The average Bonchev–Trinajstić information content (AvgIpc) is 2.88. The van der Waals surface area contributed by atoms with Gasteiger partial charge in [0, 0.05) is 31.7 Å². The molecule has 0 aliphatic carbocycles. The summed E-state index contributed by atoms with van der Waals surface area (Å²) < 4.78 is 4.64. The van der Waals surface area contributed by atoms with E-state index >= 15 is 0 Å². The molecule has 1 aliphatic heterocycles. The van der Waals surface area contributed by atoms with E-state index in [-0.39, 0.29) is 18.2 Å². The van der Waals surface area contributed by atoms with Gasteiger partial charge in [0.15, 0.2) is 0 Å². The predicted molar refractivity (Wildman–Crippen MR) is 78.5 cm³/mol. The largest absolute Gasteiger partial charge is 0.453 e. The fourth-order valence-corrected chi connectivity index (χ4v) is 2.79. The first-order valence-corrected chi connectivity index (χ1v) is 6.99. The summed E-state index contributed by atoms with van der Waals surface area (Å²) in [6.45, 7) is 4.41. The number of ether oxygens (including phenoxy) is 1. The van der Waals surface area contributed by atoms with Crippen LogP contribution in [-0.4, -0.2) is 43.8 Å². The van der Waals surface area contributed by atoms with Gasteiger partial charge >= 0.3 is 6.09 Å². The van der Waals surface area contributed by atoms with Crippen LogP contribution in [0.15, 0.2) is 24.3 Å². The van der Waals surface area contributed by atoms with Gasteiger partial charge in [0.1, 0.15) is 0 Å². The zero-order valence-electron chi connectivity index (χ0n) is 12.1. The summed E-state index contributed by atoms with van der Waals surface area (Å²) in [6, 6.07) is 8.79. The van der Waals surface area contributed by atoms with Gasteiger partial charge in [0.25, 0.3) is 0 Å². The lowest BCUT2D eigenvalue weighted by atomic mass is 10.0. The van der Waals surface area contributed by atoms with Crippen molar-refractivity contribution in [3.8, 4) is 0 Å². The van der Waals surface area contributed by atoms with Crippen LogP contribution in [0.3, 0.4) is 0 Å². The maximum Gasteiger partial charge on any atom is 0.407 e. The molecule has 0 aromatic heterocycles. The summed E-state index contributed by atoms with van der Waals surface area (Å²) in [5, 5.41) is 2.86. The van der Waals surface area contributed by atoms with Crippen molar-refractivity contribution in [3.63, 3.8) is 0 Å². The van der Waals surface area contributed by atoms with Gasteiger partial charge in [0.05, 0.1) is 7.11 Å². The second-order valence-electron chi connectivity index (χ2n) is 5.28. The molecule has 1 saturated heterocycles. The summed E-state index contributed by atoms with van der Waals surface area (Å²) in [7, 11) is 1.39. The van der Waals surface area contributed by atoms with E-state index in [2.05, 4.69) is 46.1 Å². The van der Waals surface area contributed by atoms with Crippen molar-refractivity contribution in [1.82, 2.24) is 10.2 Å². The Labute approximate surface area is 120 Å². The van der Waals surface area contributed by atoms with Crippen molar-refractivity contribution in [3.05, 3.63) is 35.4 Å². The third kappa shape index (κ3) is 3.49. The molecule has 5 heteroatoms. The fraction of sp³-hybridized carbons (Fsp3) is 0.533. The van der Waals surface area contributed by atoms with E-state index in [0.29, 0.717) is 6.54 Å². The number of nitrogens with two attached hydrogens (primary N) is 1. The summed E-state index contributed by atoms with van der Waals surface area (Å²) in [4.78, 5) is 13.6. The van der Waals surface area contributed by atoms with Crippen LogP contribution in [0.25, 0.3) is 0 Å². The van der Waals surface area contributed by atoms with Gasteiger partial charge in [0.2, 0.25) is 0 Å². The lowest BCUT2D eigenvalue weighted by Gasteiger charge is -2.27. The number of hydrogen-bond donors (Lipinski definition) is 2. The molecule has 1 fully saturated rings. The van der Waals surface area contributed by atoms with E-state index < -0.39 is 0 Å². The zero-order valence-corrected chi connectivity index (χ0v) is 12.1. The van der Waals surface area contributed by atoms with Crippen LogP contribution < -0.4 is 11.1 Å². The molecule has 2 rings (SSSR count). The van der Waals surface area contributed by atoms with E-state index in [1.807, 2.05) is 0 Å². The molecule has 2 unspecified atom stereocenters. The van der Waals surface area contributed by atoms with E-state index in [1.165, 1.54) is 18.2 Å². The Bertz CT molecular complexity index is 464. The van der Waals surface area contributed by atoms with Crippen LogP contribution in [0.1, 0.15) is 23.6 Å². The molecule has 1 heterocycles. The highest BCUT2D eigenvalue weighted by Crippen LogP contribution is 2.25. The maximum absolute atomic E-state index is 11.3. The number of aryl methyl sites for hydroxylation is 1. The van der Waals surface area contributed by atoms with E-state index in [1.54, 1.807) is 0 Å².